The number of benzene rings is 1. The van der Waals surface area contributed by atoms with Gasteiger partial charge in [-0.05, 0) is 50.1 Å². The number of cyclic esters (lactones) is 1. The van der Waals surface area contributed by atoms with Crippen LogP contribution in [-0.2, 0) is 16.1 Å². The third-order valence-corrected chi connectivity index (χ3v) is 7.33. The summed E-state index contributed by atoms with van der Waals surface area (Å²) in [7, 11) is 0. The molecule has 1 aromatic rings. The van der Waals surface area contributed by atoms with E-state index in [1.165, 1.54) is 37.8 Å². The zero-order valence-corrected chi connectivity index (χ0v) is 14.9. The van der Waals surface area contributed by atoms with Gasteiger partial charge < -0.3 is 4.74 Å². The molecule has 0 saturated carbocycles. The molecule has 3 atom stereocenters. The number of carbonyl (C=O) groups excluding carboxylic acids is 1. The Morgan fingerprint density at radius 1 is 1.08 bits per heavy atom. The summed E-state index contributed by atoms with van der Waals surface area (Å²) >= 11 is 0. The van der Waals surface area contributed by atoms with Crippen molar-refractivity contribution in [3.63, 3.8) is 0 Å². The van der Waals surface area contributed by atoms with Crippen molar-refractivity contribution in [3.05, 3.63) is 35.9 Å². The molecule has 5 rings (SSSR count). The van der Waals surface area contributed by atoms with E-state index in [-0.39, 0.29) is 17.4 Å². The van der Waals surface area contributed by atoms with Crippen LogP contribution in [0.25, 0.3) is 0 Å². The van der Waals surface area contributed by atoms with Crippen LogP contribution < -0.4 is 0 Å². The average molecular weight is 340 g/mol. The Morgan fingerprint density at radius 2 is 1.88 bits per heavy atom. The average Bonchev–Trinajstić information content (AvgIpc) is 3.21. The van der Waals surface area contributed by atoms with Crippen LogP contribution in [-0.4, -0.2) is 53.6 Å². The SMILES string of the molecule is O=C1OCC[C@@H]2[C@H]1[C@H]1CCCN1C21CCN(Cc2ccccc2)CC1. The standard InChI is InChI=1S/C21H28N2O2/c24-20-19-17(8-14-25-20)21(23-11-4-7-18(19)23)9-12-22(13-10-21)15-16-5-2-1-3-6-16/h1-3,5-6,17-19H,4,7-15H2/t17-,18-,19+/m1/s1. The summed E-state index contributed by atoms with van der Waals surface area (Å²) in [6.07, 6.45) is 5.93. The molecule has 4 nitrogen and oxygen atoms in total. The van der Waals surface area contributed by atoms with E-state index in [0.29, 0.717) is 18.6 Å². The molecule has 4 fully saturated rings. The molecule has 1 spiro atoms. The molecule has 4 aliphatic heterocycles. The van der Waals surface area contributed by atoms with E-state index >= 15 is 0 Å². The van der Waals surface area contributed by atoms with Crippen molar-refractivity contribution < 1.29 is 9.53 Å². The zero-order valence-electron chi connectivity index (χ0n) is 14.9. The molecular weight excluding hydrogens is 312 g/mol. The lowest BCUT2D eigenvalue weighted by Gasteiger charge is -2.48. The fourth-order valence-corrected chi connectivity index (χ4v) is 6.28. The predicted molar refractivity (Wildman–Crippen MR) is 96.0 cm³/mol. The van der Waals surface area contributed by atoms with Gasteiger partial charge in [0.15, 0.2) is 0 Å². The summed E-state index contributed by atoms with van der Waals surface area (Å²) in [5.41, 5.74) is 1.67. The van der Waals surface area contributed by atoms with Gasteiger partial charge in [0.2, 0.25) is 0 Å². The smallest absolute Gasteiger partial charge is 0.310 e. The van der Waals surface area contributed by atoms with Crippen molar-refractivity contribution >= 4 is 5.97 Å². The lowest BCUT2D eigenvalue weighted by molar-refractivity contribution is -0.157. The largest absolute Gasteiger partial charge is 0.465 e. The number of esters is 1. The lowest BCUT2D eigenvalue weighted by atomic mass is 9.70. The van der Waals surface area contributed by atoms with Gasteiger partial charge in [0.1, 0.15) is 0 Å². The van der Waals surface area contributed by atoms with Gasteiger partial charge in [0.25, 0.3) is 0 Å². The normalized spacial score (nSPS) is 34.7. The van der Waals surface area contributed by atoms with Gasteiger partial charge >= 0.3 is 5.97 Å². The van der Waals surface area contributed by atoms with Gasteiger partial charge in [-0.2, -0.15) is 0 Å². The van der Waals surface area contributed by atoms with Crippen LogP contribution in [0.2, 0.25) is 0 Å². The number of fused-ring (bicyclic) bond motifs is 5. The van der Waals surface area contributed by atoms with Gasteiger partial charge in [-0.3, -0.25) is 14.6 Å². The van der Waals surface area contributed by atoms with Crippen molar-refractivity contribution in [2.75, 3.05) is 26.2 Å². The molecule has 0 amide bonds. The van der Waals surface area contributed by atoms with Gasteiger partial charge in [-0.15, -0.1) is 0 Å². The number of ether oxygens (including phenoxy) is 1. The number of carbonyl (C=O) groups is 1. The van der Waals surface area contributed by atoms with Crippen LogP contribution in [0.3, 0.4) is 0 Å². The molecule has 25 heavy (non-hydrogen) atoms. The first-order chi connectivity index (χ1) is 12.3. The number of piperidine rings is 1. The lowest BCUT2D eigenvalue weighted by Crippen LogP contribution is -2.56. The van der Waals surface area contributed by atoms with Crippen LogP contribution in [0.15, 0.2) is 30.3 Å². The highest BCUT2D eigenvalue weighted by molar-refractivity contribution is 5.75. The second-order valence-electron chi connectivity index (χ2n) is 8.36. The Hall–Kier alpha value is -1.39. The van der Waals surface area contributed by atoms with Crippen molar-refractivity contribution in [1.29, 1.82) is 0 Å². The first kappa shape index (κ1) is 15.8. The Kier molecular flexibility index (Phi) is 3.86. The topological polar surface area (TPSA) is 32.8 Å². The Morgan fingerprint density at radius 3 is 2.68 bits per heavy atom. The fourth-order valence-electron chi connectivity index (χ4n) is 6.28. The number of hydrogen-bond acceptors (Lipinski definition) is 4. The maximum atomic E-state index is 12.5. The van der Waals surface area contributed by atoms with Crippen LogP contribution >= 0.6 is 0 Å². The van der Waals surface area contributed by atoms with Crippen molar-refractivity contribution in [1.82, 2.24) is 9.80 Å². The zero-order chi connectivity index (χ0) is 16.9. The monoisotopic (exact) mass is 340 g/mol. The molecule has 0 bridgehead atoms. The van der Waals surface area contributed by atoms with E-state index in [1.54, 1.807) is 0 Å². The molecule has 134 valence electrons. The van der Waals surface area contributed by atoms with Crippen LogP contribution in [0.1, 0.15) is 37.7 Å². The second kappa shape index (κ2) is 6.10. The molecule has 0 N–H and O–H groups in total. The molecule has 0 unspecified atom stereocenters. The number of likely N-dealkylation sites (tertiary alicyclic amines) is 1. The molecule has 4 heteroatoms. The maximum Gasteiger partial charge on any atom is 0.310 e. The van der Waals surface area contributed by atoms with E-state index in [0.717, 1.165) is 26.1 Å². The van der Waals surface area contributed by atoms with Crippen molar-refractivity contribution in [2.24, 2.45) is 11.8 Å². The molecule has 4 heterocycles. The quantitative estimate of drug-likeness (QED) is 0.775. The molecule has 0 radical (unpaired) electrons. The van der Waals surface area contributed by atoms with Gasteiger partial charge in [0.05, 0.1) is 12.5 Å². The van der Waals surface area contributed by atoms with Crippen LogP contribution in [0, 0.1) is 11.8 Å². The third kappa shape index (κ3) is 2.45. The highest BCUT2D eigenvalue weighted by Crippen LogP contribution is 2.55. The summed E-state index contributed by atoms with van der Waals surface area (Å²) in [4.78, 5) is 17.8. The van der Waals surface area contributed by atoms with Crippen LogP contribution in [0.4, 0.5) is 0 Å². The first-order valence-corrected chi connectivity index (χ1v) is 9.98. The minimum atomic E-state index is 0.0942. The Balaban J connectivity index is 1.34. The Labute approximate surface area is 150 Å². The summed E-state index contributed by atoms with van der Waals surface area (Å²) in [6, 6.07) is 11.3. The summed E-state index contributed by atoms with van der Waals surface area (Å²) < 4.78 is 5.46. The molecular formula is C21H28N2O2. The van der Waals surface area contributed by atoms with E-state index in [4.69, 9.17) is 4.74 Å². The molecule has 4 saturated heterocycles. The van der Waals surface area contributed by atoms with Crippen molar-refractivity contribution in [2.45, 2.75) is 50.2 Å². The first-order valence-electron chi connectivity index (χ1n) is 9.98. The van der Waals surface area contributed by atoms with Gasteiger partial charge in [0, 0.05) is 31.2 Å². The van der Waals surface area contributed by atoms with Gasteiger partial charge in [-0.1, -0.05) is 30.3 Å². The summed E-state index contributed by atoms with van der Waals surface area (Å²) in [6.45, 7) is 5.17. The summed E-state index contributed by atoms with van der Waals surface area (Å²) in [5, 5.41) is 0. The number of rotatable bonds is 2. The molecule has 4 aliphatic rings. The third-order valence-electron chi connectivity index (χ3n) is 7.33. The fraction of sp³-hybridized carbons (Fsp3) is 0.667. The Bertz CT molecular complexity index is 639. The molecule has 0 aromatic heterocycles. The predicted octanol–water partition coefficient (Wildman–Crippen LogP) is 2.68. The van der Waals surface area contributed by atoms with E-state index in [9.17, 15) is 4.79 Å². The molecule has 1 aromatic carbocycles. The van der Waals surface area contributed by atoms with Crippen molar-refractivity contribution in [3.8, 4) is 0 Å². The van der Waals surface area contributed by atoms with Gasteiger partial charge in [-0.25, -0.2) is 0 Å². The minimum Gasteiger partial charge on any atom is -0.465 e. The maximum absolute atomic E-state index is 12.5. The second-order valence-corrected chi connectivity index (χ2v) is 8.36. The van der Waals surface area contributed by atoms with Crippen LogP contribution in [0.5, 0.6) is 0 Å². The van der Waals surface area contributed by atoms with E-state index in [2.05, 4.69) is 40.1 Å². The number of hydrogen-bond donors (Lipinski definition) is 0. The van der Waals surface area contributed by atoms with E-state index in [1.807, 2.05) is 0 Å². The highest BCUT2D eigenvalue weighted by Gasteiger charge is 2.63. The minimum absolute atomic E-state index is 0.0942. The summed E-state index contributed by atoms with van der Waals surface area (Å²) in [5.74, 6) is 0.770. The highest BCUT2D eigenvalue weighted by atomic mass is 16.5. The molecule has 0 aliphatic carbocycles. The number of nitrogens with zero attached hydrogens (tertiary/aromatic N) is 2. The van der Waals surface area contributed by atoms with E-state index < -0.39 is 0 Å².